The van der Waals surface area contributed by atoms with E-state index in [0.29, 0.717) is 10.7 Å². The summed E-state index contributed by atoms with van der Waals surface area (Å²) >= 11 is 5.88. The van der Waals surface area contributed by atoms with E-state index in [-0.39, 0.29) is 24.6 Å². The van der Waals surface area contributed by atoms with E-state index < -0.39 is 11.9 Å². The largest absolute Gasteiger partial charge is 0.461 e. The molecule has 0 N–H and O–H groups in total. The van der Waals surface area contributed by atoms with Gasteiger partial charge in [0.25, 0.3) is 0 Å². The lowest BCUT2D eigenvalue weighted by Gasteiger charge is -2.04. The summed E-state index contributed by atoms with van der Waals surface area (Å²) in [5, 5.41) is 0.452. The highest BCUT2D eigenvalue weighted by Gasteiger charge is 2.26. The normalized spacial score (nSPS) is 10.6. The van der Waals surface area contributed by atoms with Crippen molar-refractivity contribution >= 4 is 29.2 Å². The Labute approximate surface area is 120 Å². The molecule has 0 fully saturated rings. The van der Waals surface area contributed by atoms with Gasteiger partial charge in [0.15, 0.2) is 11.4 Å². The monoisotopic (exact) mass is 296 g/mol. The predicted octanol–water partition coefficient (Wildman–Crippen LogP) is 2.34. The van der Waals surface area contributed by atoms with Crippen LogP contribution in [-0.4, -0.2) is 34.5 Å². The molecule has 6 nitrogen and oxygen atoms in total. The number of pyridine rings is 1. The third-order valence-electron chi connectivity index (χ3n) is 2.53. The van der Waals surface area contributed by atoms with E-state index in [1.807, 2.05) is 0 Å². The smallest absolute Gasteiger partial charge is 0.359 e. The van der Waals surface area contributed by atoms with E-state index in [4.69, 9.17) is 21.1 Å². The molecule has 0 aliphatic heterocycles. The van der Waals surface area contributed by atoms with Crippen molar-refractivity contribution in [1.29, 1.82) is 0 Å². The Morgan fingerprint density at radius 1 is 1.25 bits per heavy atom. The van der Waals surface area contributed by atoms with Crippen LogP contribution >= 0.6 is 11.6 Å². The third kappa shape index (κ3) is 2.60. The van der Waals surface area contributed by atoms with E-state index >= 15 is 0 Å². The Morgan fingerprint density at radius 3 is 2.55 bits per heavy atom. The average Bonchev–Trinajstić information content (AvgIpc) is 2.77. The van der Waals surface area contributed by atoms with Gasteiger partial charge in [0.2, 0.25) is 0 Å². The molecule has 0 aliphatic rings. The number of carbonyl (C=O) groups is 2. The van der Waals surface area contributed by atoms with Crippen LogP contribution in [0.15, 0.2) is 18.3 Å². The first-order valence-corrected chi connectivity index (χ1v) is 6.48. The van der Waals surface area contributed by atoms with Crippen LogP contribution in [0.1, 0.15) is 34.8 Å². The van der Waals surface area contributed by atoms with Gasteiger partial charge in [0.1, 0.15) is 5.65 Å². The molecule has 0 radical (unpaired) electrons. The Hall–Kier alpha value is -2.08. The molecule has 0 aromatic carbocycles. The van der Waals surface area contributed by atoms with Crippen molar-refractivity contribution in [2.24, 2.45) is 0 Å². The Kier molecular flexibility index (Phi) is 4.24. The van der Waals surface area contributed by atoms with Gasteiger partial charge in [-0.15, -0.1) is 0 Å². The number of aromatic nitrogens is 2. The van der Waals surface area contributed by atoms with Crippen molar-refractivity contribution in [3.8, 4) is 0 Å². The first-order chi connectivity index (χ1) is 9.58. The van der Waals surface area contributed by atoms with Gasteiger partial charge in [-0.3, -0.25) is 4.40 Å². The maximum Gasteiger partial charge on any atom is 0.359 e. The molecule has 2 aromatic heterocycles. The highest BCUT2D eigenvalue weighted by Crippen LogP contribution is 2.18. The Bertz CT molecular complexity index is 666. The van der Waals surface area contributed by atoms with Gasteiger partial charge >= 0.3 is 11.9 Å². The SMILES string of the molecule is CCOC(=O)c1nc2cc(Cl)ccn2c1C(=O)OCC. The van der Waals surface area contributed by atoms with Crippen molar-refractivity contribution in [3.63, 3.8) is 0 Å². The van der Waals surface area contributed by atoms with Crippen LogP contribution in [0.3, 0.4) is 0 Å². The average molecular weight is 297 g/mol. The maximum atomic E-state index is 12.0. The van der Waals surface area contributed by atoms with Crippen molar-refractivity contribution in [1.82, 2.24) is 9.38 Å². The van der Waals surface area contributed by atoms with E-state index in [1.165, 1.54) is 4.40 Å². The fraction of sp³-hybridized carbons (Fsp3) is 0.308. The standard InChI is InChI=1S/C13H13ClN2O4/c1-3-19-12(17)10-11(13(18)20-4-2)16-6-5-8(14)7-9(16)15-10/h5-7H,3-4H2,1-2H3. The number of hydrogen-bond acceptors (Lipinski definition) is 5. The molecule has 0 atom stereocenters. The lowest BCUT2D eigenvalue weighted by Crippen LogP contribution is -2.15. The van der Waals surface area contributed by atoms with Crippen molar-refractivity contribution in [2.45, 2.75) is 13.8 Å². The summed E-state index contributed by atoms with van der Waals surface area (Å²) in [6.45, 7) is 3.74. The molecule has 0 amide bonds. The number of rotatable bonds is 4. The second kappa shape index (κ2) is 5.92. The molecule has 2 rings (SSSR count). The Balaban J connectivity index is 2.62. The first-order valence-electron chi connectivity index (χ1n) is 6.10. The molecule has 7 heteroatoms. The summed E-state index contributed by atoms with van der Waals surface area (Å²) in [7, 11) is 0. The number of nitrogens with zero attached hydrogens (tertiary/aromatic N) is 2. The summed E-state index contributed by atoms with van der Waals surface area (Å²) in [6, 6.07) is 3.14. The van der Waals surface area contributed by atoms with E-state index in [2.05, 4.69) is 4.98 Å². The zero-order valence-electron chi connectivity index (χ0n) is 11.1. The minimum Gasteiger partial charge on any atom is -0.461 e. The minimum absolute atomic E-state index is 0.0389. The van der Waals surface area contributed by atoms with Gasteiger partial charge in [-0.2, -0.15) is 0 Å². The predicted molar refractivity (Wildman–Crippen MR) is 72.1 cm³/mol. The highest BCUT2D eigenvalue weighted by atomic mass is 35.5. The molecule has 0 spiro atoms. The Morgan fingerprint density at radius 2 is 1.90 bits per heavy atom. The highest BCUT2D eigenvalue weighted by molar-refractivity contribution is 6.30. The molecule has 106 valence electrons. The third-order valence-corrected chi connectivity index (χ3v) is 2.76. The van der Waals surface area contributed by atoms with Crippen molar-refractivity contribution in [3.05, 3.63) is 34.7 Å². The van der Waals surface area contributed by atoms with E-state index in [0.717, 1.165) is 0 Å². The van der Waals surface area contributed by atoms with Gasteiger partial charge in [-0.05, 0) is 19.9 Å². The second-order valence-corrected chi connectivity index (χ2v) is 4.26. The van der Waals surface area contributed by atoms with Gasteiger partial charge in [0, 0.05) is 17.3 Å². The molecule has 0 aliphatic carbocycles. The van der Waals surface area contributed by atoms with Crippen LogP contribution in [0.5, 0.6) is 0 Å². The van der Waals surface area contributed by atoms with Gasteiger partial charge in [-0.25, -0.2) is 14.6 Å². The summed E-state index contributed by atoms with van der Waals surface area (Å²) in [6.07, 6.45) is 1.56. The fourth-order valence-electron chi connectivity index (χ4n) is 1.76. The molecular formula is C13H13ClN2O4. The molecule has 2 aromatic rings. The number of halogens is 1. The molecule has 0 unspecified atom stereocenters. The van der Waals surface area contributed by atoms with Gasteiger partial charge in [-0.1, -0.05) is 11.6 Å². The lowest BCUT2D eigenvalue weighted by molar-refractivity contribution is 0.0470. The first kappa shape index (κ1) is 14.3. The van der Waals surface area contributed by atoms with Gasteiger partial charge in [0.05, 0.1) is 13.2 Å². The van der Waals surface area contributed by atoms with E-state index in [1.54, 1.807) is 32.2 Å². The number of ether oxygens (including phenoxy) is 2. The number of fused-ring (bicyclic) bond motifs is 1. The molecule has 2 heterocycles. The lowest BCUT2D eigenvalue weighted by atomic mass is 10.3. The zero-order valence-corrected chi connectivity index (χ0v) is 11.8. The van der Waals surface area contributed by atoms with Crippen LogP contribution in [0.2, 0.25) is 5.02 Å². The topological polar surface area (TPSA) is 69.9 Å². The summed E-state index contributed by atoms with van der Waals surface area (Å²) < 4.78 is 11.3. The summed E-state index contributed by atoms with van der Waals surface area (Å²) in [5.74, 6) is -1.30. The molecule has 0 saturated heterocycles. The van der Waals surface area contributed by atoms with Crippen molar-refractivity contribution in [2.75, 3.05) is 13.2 Å². The second-order valence-electron chi connectivity index (χ2n) is 3.82. The van der Waals surface area contributed by atoms with Crippen molar-refractivity contribution < 1.29 is 19.1 Å². The minimum atomic E-state index is -0.671. The summed E-state index contributed by atoms with van der Waals surface area (Å²) in [4.78, 5) is 28.0. The molecule has 0 bridgehead atoms. The van der Waals surface area contributed by atoms with Crippen LogP contribution in [0, 0.1) is 0 Å². The van der Waals surface area contributed by atoms with Crippen LogP contribution in [0.4, 0.5) is 0 Å². The van der Waals surface area contributed by atoms with Crippen LogP contribution < -0.4 is 0 Å². The van der Waals surface area contributed by atoms with Crippen LogP contribution in [-0.2, 0) is 9.47 Å². The molecule has 20 heavy (non-hydrogen) atoms. The number of hydrogen-bond donors (Lipinski definition) is 0. The van der Waals surface area contributed by atoms with E-state index in [9.17, 15) is 9.59 Å². The quantitative estimate of drug-likeness (QED) is 0.810. The molecule has 0 saturated carbocycles. The maximum absolute atomic E-state index is 12.0. The summed E-state index contributed by atoms with van der Waals surface area (Å²) in [5.41, 5.74) is 0.341. The number of imidazole rings is 1. The van der Waals surface area contributed by atoms with Gasteiger partial charge < -0.3 is 9.47 Å². The van der Waals surface area contributed by atoms with Crippen LogP contribution in [0.25, 0.3) is 5.65 Å². The number of carbonyl (C=O) groups excluding carboxylic acids is 2. The number of esters is 2. The fourth-order valence-corrected chi connectivity index (χ4v) is 1.91. The molecular weight excluding hydrogens is 284 g/mol. The zero-order chi connectivity index (χ0) is 14.7.